The number of rotatable bonds is 6. The van der Waals surface area contributed by atoms with Crippen LogP contribution < -0.4 is 10.6 Å². The van der Waals surface area contributed by atoms with Gasteiger partial charge < -0.3 is 15.5 Å². The molecular formula is C17H27N3O. The molecule has 0 aromatic heterocycles. The van der Waals surface area contributed by atoms with E-state index in [9.17, 15) is 4.79 Å². The highest BCUT2D eigenvalue weighted by molar-refractivity contribution is 5.82. The van der Waals surface area contributed by atoms with E-state index in [1.54, 1.807) is 0 Å². The van der Waals surface area contributed by atoms with Gasteiger partial charge >= 0.3 is 0 Å². The van der Waals surface area contributed by atoms with E-state index in [1.165, 1.54) is 11.1 Å². The van der Waals surface area contributed by atoms with E-state index in [2.05, 4.69) is 48.6 Å². The van der Waals surface area contributed by atoms with Gasteiger partial charge in [-0.1, -0.05) is 31.2 Å². The highest BCUT2D eigenvalue weighted by atomic mass is 16.2. The molecule has 21 heavy (non-hydrogen) atoms. The summed E-state index contributed by atoms with van der Waals surface area (Å²) in [6.07, 6.45) is 1.91. The number of benzene rings is 1. The number of carbonyl (C=O) groups is 1. The maximum absolute atomic E-state index is 12.2. The number of hydrogen-bond acceptors (Lipinski definition) is 3. The SMILES string of the molecule is CCC(C)N(C)CCNC(=O)[C@@H]1Cc2ccccc2CN1. The van der Waals surface area contributed by atoms with Gasteiger partial charge in [0.2, 0.25) is 5.91 Å². The van der Waals surface area contributed by atoms with Crippen LogP contribution in [-0.4, -0.2) is 43.0 Å². The first-order valence-corrected chi connectivity index (χ1v) is 7.90. The molecule has 1 heterocycles. The van der Waals surface area contributed by atoms with Gasteiger partial charge in [-0.25, -0.2) is 0 Å². The van der Waals surface area contributed by atoms with Gasteiger partial charge in [0.1, 0.15) is 0 Å². The maximum atomic E-state index is 12.2. The van der Waals surface area contributed by atoms with Gasteiger partial charge in [0.25, 0.3) is 0 Å². The van der Waals surface area contributed by atoms with Crippen LogP contribution in [0.2, 0.25) is 0 Å². The van der Waals surface area contributed by atoms with Gasteiger partial charge in [-0.05, 0) is 37.9 Å². The van der Waals surface area contributed by atoms with Crippen molar-refractivity contribution in [3.8, 4) is 0 Å². The number of amides is 1. The average Bonchev–Trinajstić information content (AvgIpc) is 2.53. The molecule has 1 amide bonds. The third-order valence-electron chi connectivity index (χ3n) is 4.50. The van der Waals surface area contributed by atoms with Gasteiger partial charge in [-0.15, -0.1) is 0 Å². The van der Waals surface area contributed by atoms with Crippen molar-refractivity contribution < 1.29 is 4.79 Å². The molecule has 116 valence electrons. The number of fused-ring (bicyclic) bond motifs is 1. The zero-order valence-corrected chi connectivity index (χ0v) is 13.4. The van der Waals surface area contributed by atoms with Crippen LogP contribution in [0.15, 0.2) is 24.3 Å². The van der Waals surface area contributed by atoms with E-state index < -0.39 is 0 Å². The van der Waals surface area contributed by atoms with E-state index in [-0.39, 0.29) is 11.9 Å². The minimum atomic E-state index is -0.103. The summed E-state index contributed by atoms with van der Waals surface area (Å²) in [4.78, 5) is 14.5. The number of nitrogens with one attached hydrogen (secondary N) is 2. The maximum Gasteiger partial charge on any atom is 0.237 e. The number of nitrogens with zero attached hydrogens (tertiary/aromatic N) is 1. The number of likely N-dealkylation sites (N-methyl/N-ethyl adjacent to an activating group) is 1. The van der Waals surface area contributed by atoms with Crippen LogP contribution >= 0.6 is 0 Å². The third-order valence-corrected chi connectivity index (χ3v) is 4.50. The third kappa shape index (κ3) is 4.29. The van der Waals surface area contributed by atoms with Crippen molar-refractivity contribution in [2.75, 3.05) is 20.1 Å². The minimum Gasteiger partial charge on any atom is -0.353 e. The molecule has 4 nitrogen and oxygen atoms in total. The standard InChI is InChI=1S/C17H27N3O/c1-4-13(2)20(3)10-9-18-17(21)16-11-14-7-5-6-8-15(14)12-19-16/h5-8,13,16,19H,4,9-12H2,1-3H3,(H,18,21)/t13?,16-/m0/s1. The molecule has 0 aliphatic carbocycles. The molecule has 4 heteroatoms. The van der Waals surface area contributed by atoms with Crippen LogP contribution in [0.1, 0.15) is 31.4 Å². The molecule has 0 radical (unpaired) electrons. The lowest BCUT2D eigenvalue weighted by Crippen LogP contribution is -2.49. The van der Waals surface area contributed by atoms with E-state index >= 15 is 0 Å². The number of carbonyl (C=O) groups excluding carboxylic acids is 1. The van der Waals surface area contributed by atoms with Crippen LogP contribution in [0.3, 0.4) is 0 Å². The molecule has 2 atom stereocenters. The molecule has 1 aliphatic heterocycles. The van der Waals surface area contributed by atoms with Crippen molar-refractivity contribution in [1.82, 2.24) is 15.5 Å². The summed E-state index contributed by atoms with van der Waals surface area (Å²) in [5, 5.41) is 6.37. The van der Waals surface area contributed by atoms with E-state index in [1.807, 2.05) is 12.1 Å². The lowest BCUT2D eigenvalue weighted by atomic mass is 9.95. The summed E-state index contributed by atoms with van der Waals surface area (Å²) in [7, 11) is 2.11. The van der Waals surface area contributed by atoms with Crippen LogP contribution in [0.5, 0.6) is 0 Å². The highest BCUT2D eigenvalue weighted by Gasteiger charge is 2.23. The molecule has 0 spiro atoms. The Labute approximate surface area is 127 Å². The highest BCUT2D eigenvalue weighted by Crippen LogP contribution is 2.16. The molecule has 2 N–H and O–H groups in total. The van der Waals surface area contributed by atoms with Crippen molar-refractivity contribution in [2.24, 2.45) is 0 Å². The zero-order chi connectivity index (χ0) is 15.2. The quantitative estimate of drug-likeness (QED) is 0.835. The summed E-state index contributed by atoms with van der Waals surface area (Å²) in [5.41, 5.74) is 2.59. The van der Waals surface area contributed by atoms with Crippen molar-refractivity contribution in [1.29, 1.82) is 0 Å². The monoisotopic (exact) mass is 289 g/mol. The Morgan fingerprint density at radius 1 is 1.43 bits per heavy atom. The van der Waals surface area contributed by atoms with Crippen LogP contribution in [0.25, 0.3) is 0 Å². The Morgan fingerprint density at radius 3 is 2.86 bits per heavy atom. The lowest BCUT2D eigenvalue weighted by molar-refractivity contribution is -0.123. The summed E-state index contributed by atoms with van der Waals surface area (Å²) >= 11 is 0. The average molecular weight is 289 g/mol. The molecule has 0 saturated carbocycles. The summed E-state index contributed by atoms with van der Waals surface area (Å²) in [6.45, 7) is 6.77. The van der Waals surface area contributed by atoms with Crippen LogP contribution in [0.4, 0.5) is 0 Å². The number of hydrogen-bond donors (Lipinski definition) is 2. The fourth-order valence-corrected chi connectivity index (χ4v) is 2.65. The lowest BCUT2D eigenvalue weighted by Gasteiger charge is -2.27. The van der Waals surface area contributed by atoms with Crippen molar-refractivity contribution in [3.63, 3.8) is 0 Å². The molecule has 1 unspecified atom stereocenters. The first-order valence-electron chi connectivity index (χ1n) is 7.90. The first-order chi connectivity index (χ1) is 10.1. The van der Waals surface area contributed by atoms with Crippen molar-refractivity contribution in [3.05, 3.63) is 35.4 Å². The Balaban J connectivity index is 1.77. The van der Waals surface area contributed by atoms with Gasteiger partial charge in [0, 0.05) is 25.7 Å². The molecule has 1 aromatic rings. The van der Waals surface area contributed by atoms with Crippen LogP contribution in [-0.2, 0) is 17.8 Å². The van der Waals surface area contributed by atoms with Crippen LogP contribution in [0, 0.1) is 0 Å². The predicted octanol–water partition coefficient (Wildman–Crippen LogP) is 1.55. The Bertz CT molecular complexity index is 475. The second kappa shape index (κ2) is 7.57. The Kier molecular flexibility index (Phi) is 5.76. The fourth-order valence-electron chi connectivity index (χ4n) is 2.65. The smallest absolute Gasteiger partial charge is 0.237 e. The zero-order valence-electron chi connectivity index (χ0n) is 13.4. The molecule has 2 rings (SSSR count). The molecule has 1 aromatic carbocycles. The van der Waals surface area contributed by atoms with Gasteiger partial charge in [-0.3, -0.25) is 4.79 Å². The summed E-state index contributed by atoms with van der Waals surface area (Å²) in [6, 6.07) is 8.78. The Hall–Kier alpha value is -1.39. The molecule has 1 aliphatic rings. The van der Waals surface area contributed by atoms with Gasteiger partial charge in [0.05, 0.1) is 6.04 Å². The fraction of sp³-hybridized carbons (Fsp3) is 0.588. The van der Waals surface area contributed by atoms with Crippen molar-refractivity contribution in [2.45, 2.75) is 45.3 Å². The summed E-state index contributed by atoms with van der Waals surface area (Å²) in [5.74, 6) is 0.113. The van der Waals surface area contributed by atoms with Gasteiger partial charge in [0.15, 0.2) is 0 Å². The first kappa shape index (κ1) is 16.0. The topological polar surface area (TPSA) is 44.4 Å². The Morgan fingerprint density at radius 2 is 2.14 bits per heavy atom. The summed E-state index contributed by atoms with van der Waals surface area (Å²) < 4.78 is 0. The minimum absolute atomic E-state index is 0.103. The van der Waals surface area contributed by atoms with E-state index in [0.717, 1.165) is 25.9 Å². The van der Waals surface area contributed by atoms with Crippen molar-refractivity contribution >= 4 is 5.91 Å². The molecular weight excluding hydrogens is 262 g/mol. The van der Waals surface area contributed by atoms with Gasteiger partial charge in [-0.2, -0.15) is 0 Å². The van der Waals surface area contributed by atoms with E-state index in [4.69, 9.17) is 0 Å². The molecule has 0 fully saturated rings. The molecule has 0 saturated heterocycles. The van der Waals surface area contributed by atoms with E-state index in [0.29, 0.717) is 12.6 Å². The normalized spacial score (nSPS) is 19.1. The largest absolute Gasteiger partial charge is 0.353 e. The second-order valence-corrected chi connectivity index (χ2v) is 5.94. The molecule has 0 bridgehead atoms. The predicted molar refractivity (Wildman–Crippen MR) is 86.2 cm³/mol. The second-order valence-electron chi connectivity index (χ2n) is 5.94.